The zero-order valence-electron chi connectivity index (χ0n) is 8.76. The van der Waals surface area contributed by atoms with Crippen molar-refractivity contribution in [3.05, 3.63) is 18.9 Å². The van der Waals surface area contributed by atoms with Gasteiger partial charge in [0.25, 0.3) is 0 Å². The molecule has 0 aliphatic heterocycles. The number of H-pyrrole nitrogens is 1. The molecule has 0 amide bonds. The molecule has 0 spiro atoms. The van der Waals surface area contributed by atoms with E-state index in [0.717, 1.165) is 12.8 Å². The second-order valence-corrected chi connectivity index (χ2v) is 5.60. The number of aromatic amines is 1. The van der Waals surface area contributed by atoms with E-state index in [1.54, 1.807) is 6.08 Å². The summed E-state index contributed by atoms with van der Waals surface area (Å²) in [5.41, 5.74) is 5.53. The lowest BCUT2D eigenvalue weighted by Gasteiger charge is -2.19. The van der Waals surface area contributed by atoms with Crippen LogP contribution in [-0.4, -0.2) is 35.5 Å². The highest BCUT2D eigenvalue weighted by molar-refractivity contribution is 7.89. The van der Waals surface area contributed by atoms with E-state index < -0.39 is 10.0 Å². The first-order valence-electron chi connectivity index (χ1n) is 4.99. The fourth-order valence-corrected chi connectivity index (χ4v) is 3.22. The third kappa shape index (κ3) is 1.83. The van der Waals surface area contributed by atoms with Crippen molar-refractivity contribution in [1.29, 1.82) is 0 Å². The second-order valence-electron chi connectivity index (χ2n) is 3.74. The number of hydrogen-bond acceptors (Lipinski definition) is 4. The van der Waals surface area contributed by atoms with Gasteiger partial charge in [-0.2, -0.15) is 9.40 Å². The van der Waals surface area contributed by atoms with Gasteiger partial charge >= 0.3 is 0 Å². The number of nitrogens with zero attached hydrogens (tertiary/aromatic N) is 2. The number of nitrogens with one attached hydrogen (secondary N) is 1. The molecule has 2 rings (SSSR count). The largest absolute Gasteiger partial charge is 0.383 e. The van der Waals surface area contributed by atoms with Gasteiger partial charge in [0.05, 0.1) is 6.20 Å². The lowest BCUT2D eigenvalue weighted by atomic mass is 10.6. The summed E-state index contributed by atoms with van der Waals surface area (Å²) in [4.78, 5) is 0.0428. The van der Waals surface area contributed by atoms with Crippen LogP contribution in [0.4, 0.5) is 5.82 Å². The second kappa shape index (κ2) is 3.91. The molecule has 1 saturated carbocycles. The van der Waals surface area contributed by atoms with Gasteiger partial charge in [0.1, 0.15) is 10.7 Å². The molecule has 16 heavy (non-hydrogen) atoms. The van der Waals surface area contributed by atoms with Gasteiger partial charge in [-0.1, -0.05) is 6.08 Å². The van der Waals surface area contributed by atoms with Crippen LogP contribution in [0.25, 0.3) is 0 Å². The normalized spacial score (nSPS) is 16.6. The van der Waals surface area contributed by atoms with Crippen LogP contribution in [-0.2, 0) is 10.0 Å². The average molecular weight is 242 g/mol. The monoisotopic (exact) mass is 242 g/mol. The Morgan fingerprint density at radius 2 is 2.38 bits per heavy atom. The van der Waals surface area contributed by atoms with Gasteiger partial charge in [-0.3, -0.25) is 5.10 Å². The van der Waals surface area contributed by atoms with Gasteiger partial charge in [-0.15, -0.1) is 6.58 Å². The Labute approximate surface area is 94.2 Å². The molecule has 3 N–H and O–H groups in total. The summed E-state index contributed by atoms with van der Waals surface area (Å²) in [6.45, 7) is 3.87. The molecule has 0 bridgehead atoms. The van der Waals surface area contributed by atoms with E-state index >= 15 is 0 Å². The zero-order chi connectivity index (χ0) is 11.8. The number of nitrogen functional groups attached to an aromatic ring is 1. The smallest absolute Gasteiger partial charge is 0.248 e. The fourth-order valence-electron chi connectivity index (χ4n) is 1.55. The van der Waals surface area contributed by atoms with Crippen molar-refractivity contribution in [1.82, 2.24) is 14.5 Å². The molecule has 0 aromatic carbocycles. The topological polar surface area (TPSA) is 92.1 Å². The maximum atomic E-state index is 12.2. The molecule has 1 aromatic rings. The van der Waals surface area contributed by atoms with Crippen LogP contribution in [0.2, 0.25) is 0 Å². The lowest BCUT2D eigenvalue weighted by Crippen LogP contribution is -2.33. The highest BCUT2D eigenvalue weighted by atomic mass is 32.2. The van der Waals surface area contributed by atoms with Crippen LogP contribution in [0.1, 0.15) is 12.8 Å². The van der Waals surface area contributed by atoms with Gasteiger partial charge < -0.3 is 5.73 Å². The van der Waals surface area contributed by atoms with E-state index in [0.29, 0.717) is 6.54 Å². The molecule has 0 unspecified atom stereocenters. The Hall–Kier alpha value is -1.34. The Morgan fingerprint density at radius 3 is 2.81 bits per heavy atom. The van der Waals surface area contributed by atoms with E-state index in [9.17, 15) is 8.42 Å². The maximum absolute atomic E-state index is 12.2. The minimum absolute atomic E-state index is 0.0428. The van der Waals surface area contributed by atoms with Crippen molar-refractivity contribution in [2.24, 2.45) is 0 Å². The third-order valence-corrected chi connectivity index (χ3v) is 4.43. The molecule has 88 valence electrons. The van der Waals surface area contributed by atoms with E-state index in [2.05, 4.69) is 16.8 Å². The molecule has 7 heteroatoms. The minimum atomic E-state index is -3.54. The molecule has 1 heterocycles. The Balaban J connectivity index is 2.36. The van der Waals surface area contributed by atoms with Gasteiger partial charge in [0.15, 0.2) is 0 Å². The van der Waals surface area contributed by atoms with Gasteiger partial charge in [-0.05, 0) is 12.8 Å². The Morgan fingerprint density at radius 1 is 1.69 bits per heavy atom. The Kier molecular flexibility index (Phi) is 2.73. The van der Waals surface area contributed by atoms with E-state index in [1.165, 1.54) is 10.5 Å². The number of rotatable bonds is 5. The molecule has 0 saturated heterocycles. The molecular weight excluding hydrogens is 228 g/mol. The summed E-state index contributed by atoms with van der Waals surface area (Å²) < 4.78 is 25.9. The average Bonchev–Trinajstić information content (AvgIpc) is 2.96. The predicted molar refractivity (Wildman–Crippen MR) is 60.1 cm³/mol. The molecule has 1 aliphatic carbocycles. The number of nitrogens with two attached hydrogens (primary N) is 1. The molecule has 6 nitrogen and oxygen atoms in total. The first kappa shape index (κ1) is 11.2. The van der Waals surface area contributed by atoms with E-state index in [-0.39, 0.29) is 16.8 Å². The molecule has 0 radical (unpaired) electrons. The first-order valence-corrected chi connectivity index (χ1v) is 6.43. The van der Waals surface area contributed by atoms with Crippen LogP contribution in [0, 0.1) is 0 Å². The Bertz CT molecular complexity index is 489. The molecule has 1 fully saturated rings. The van der Waals surface area contributed by atoms with Gasteiger partial charge in [-0.25, -0.2) is 8.42 Å². The van der Waals surface area contributed by atoms with Crippen molar-refractivity contribution in [2.45, 2.75) is 23.8 Å². The van der Waals surface area contributed by atoms with Gasteiger partial charge in [0.2, 0.25) is 10.0 Å². The SMILES string of the molecule is C=CCN(C1CC1)S(=O)(=O)c1cn[nH]c1N. The van der Waals surface area contributed by atoms with Crippen LogP contribution < -0.4 is 5.73 Å². The van der Waals surface area contributed by atoms with Crippen LogP contribution in [0.5, 0.6) is 0 Å². The number of anilines is 1. The highest BCUT2D eigenvalue weighted by Gasteiger charge is 2.38. The van der Waals surface area contributed by atoms with Crippen molar-refractivity contribution >= 4 is 15.8 Å². The quantitative estimate of drug-likeness (QED) is 0.728. The van der Waals surface area contributed by atoms with Crippen LogP contribution in [0.15, 0.2) is 23.7 Å². The molecular formula is C9H14N4O2S. The van der Waals surface area contributed by atoms with Crippen molar-refractivity contribution in [3.63, 3.8) is 0 Å². The summed E-state index contributed by atoms with van der Waals surface area (Å²) in [6.07, 6.45) is 4.60. The fraction of sp³-hybridized carbons (Fsp3) is 0.444. The van der Waals surface area contributed by atoms with Crippen molar-refractivity contribution < 1.29 is 8.42 Å². The van der Waals surface area contributed by atoms with Crippen LogP contribution >= 0.6 is 0 Å². The summed E-state index contributed by atoms with van der Waals surface area (Å²) in [6, 6.07) is 0.0808. The summed E-state index contributed by atoms with van der Waals surface area (Å²) in [5.74, 6) is 0.0784. The number of aromatic nitrogens is 2. The third-order valence-electron chi connectivity index (χ3n) is 2.48. The first-order chi connectivity index (χ1) is 7.57. The number of hydrogen-bond donors (Lipinski definition) is 2. The van der Waals surface area contributed by atoms with Crippen molar-refractivity contribution in [2.75, 3.05) is 12.3 Å². The van der Waals surface area contributed by atoms with Crippen LogP contribution in [0.3, 0.4) is 0 Å². The van der Waals surface area contributed by atoms with Crippen molar-refractivity contribution in [3.8, 4) is 0 Å². The highest BCUT2D eigenvalue weighted by Crippen LogP contribution is 2.32. The maximum Gasteiger partial charge on any atom is 0.248 e. The predicted octanol–water partition coefficient (Wildman–Crippen LogP) is 0.331. The van der Waals surface area contributed by atoms with E-state index in [4.69, 9.17) is 5.73 Å². The van der Waals surface area contributed by atoms with E-state index in [1.807, 2.05) is 0 Å². The lowest BCUT2D eigenvalue weighted by molar-refractivity contribution is 0.436. The summed E-state index contributed by atoms with van der Waals surface area (Å²) >= 11 is 0. The minimum Gasteiger partial charge on any atom is -0.383 e. The molecule has 0 atom stereocenters. The molecule has 1 aliphatic rings. The zero-order valence-corrected chi connectivity index (χ0v) is 9.57. The summed E-state index contributed by atoms with van der Waals surface area (Å²) in [7, 11) is -3.54. The number of sulfonamides is 1. The van der Waals surface area contributed by atoms with Gasteiger partial charge in [0, 0.05) is 12.6 Å². The standard InChI is InChI=1S/C9H14N4O2S/c1-2-5-13(7-3-4-7)16(14,15)8-6-11-12-9(8)10/h2,6-7H,1,3-5H2,(H3,10,11,12). The molecule has 1 aromatic heterocycles. The summed E-state index contributed by atoms with van der Waals surface area (Å²) in [5, 5.41) is 6.06.